The van der Waals surface area contributed by atoms with Crippen molar-refractivity contribution in [2.24, 2.45) is 5.10 Å². The van der Waals surface area contributed by atoms with Gasteiger partial charge < -0.3 is 0 Å². The van der Waals surface area contributed by atoms with Gasteiger partial charge in [-0.1, -0.05) is 31.5 Å². The van der Waals surface area contributed by atoms with Crippen molar-refractivity contribution in [2.75, 3.05) is 12.1 Å². The molecule has 1 aromatic carbocycles. The second kappa shape index (κ2) is 5.43. The molecule has 0 aromatic heterocycles. The highest BCUT2D eigenvalue weighted by Crippen LogP contribution is 2.11. The summed E-state index contributed by atoms with van der Waals surface area (Å²) in [6.45, 7) is -0.952. The summed E-state index contributed by atoms with van der Waals surface area (Å²) in [5, 5.41) is 5.36. The van der Waals surface area contributed by atoms with Crippen molar-refractivity contribution in [3.8, 4) is 0 Å². The normalized spacial score (nSPS) is 18.7. The first-order valence-corrected chi connectivity index (χ1v) is 4.57. The van der Waals surface area contributed by atoms with Gasteiger partial charge >= 0.3 is 0 Å². The van der Waals surface area contributed by atoms with Gasteiger partial charge in [-0.05, 0) is 25.4 Å². The Morgan fingerprint density at radius 3 is 2.79 bits per heavy atom. The summed E-state index contributed by atoms with van der Waals surface area (Å²) in [5.41, 5.74) is 0.282. The zero-order valence-corrected chi connectivity index (χ0v) is 8.49. The lowest BCUT2D eigenvalue weighted by Gasteiger charge is -2.13. The van der Waals surface area contributed by atoms with Gasteiger partial charge in [0, 0.05) is 19.6 Å². The summed E-state index contributed by atoms with van der Waals surface area (Å²) >= 11 is 0. The molecule has 0 aliphatic heterocycles. The lowest BCUT2D eigenvalue weighted by atomic mass is 10.2. The van der Waals surface area contributed by atoms with Crippen LogP contribution in [0.3, 0.4) is 0 Å². The molecular formula is C12H18N2. The highest BCUT2D eigenvalue weighted by molar-refractivity contribution is 5.82. The first kappa shape index (κ1) is 5.54. The van der Waals surface area contributed by atoms with Crippen LogP contribution in [0.1, 0.15) is 33.4 Å². The first-order chi connectivity index (χ1) is 8.68. The first-order valence-electron chi connectivity index (χ1n) is 7.07. The lowest BCUT2D eigenvalue weighted by Crippen LogP contribution is -2.11. The third-order valence-electron chi connectivity index (χ3n) is 1.72. The number of nitrogens with zero attached hydrogens (tertiary/aromatic N) is 2. The number of benzene rings is 1. The standard InChI is InChI=1S/C12H18N2/c1-4-8-11(2)13-14(3)12-9-6-5-7-10-12/h5-7,9-10H,4,8H2,1-3H3/b13-11-/i2D3,8D2. The van der Waals surface area contributed by atoms with E-state index in [1.54, 1.807) is 26.1 Å². The van der Waals surface area contributed by atoms with Crippen LogP contribution in [0.5, 0.6) is 0 Å². The van der Waals surface area contributed by atoms with Gasteiger partial charge in [0.25, 0.3) is 0 Å². The van der Waals surface area contributed by atoms with Crippen molar-refractivity contribution in [3.63, 3.8) is 0 Å². The van der Waals surface area contributed by atoms with Crippen LogP contribution in [0.15, 0.2) is 35.4 Å². The van der Waals surface area contributed by atoms with Crippen LogP contribution in [0, 0.1) is 0 Å². The Kier molecular flexibility index (Phi) is 2.15. The molecule has 0 N–H and O–H groups in total. The van der Waals surface area contributed by atoms with Crippen molar-refractivity contribution >= 4 is 11.4 Å². The van der Waals surface area contributed by atoms with Crippen molar-refractivity contribution in [2.45, 2.75) is 26.6 Å². The summed E-state index contributed by atoms with van der Waals surface area (Å²) in [7, 11) is 1.60. The predicted molar refractivity (Wildman–Crippen MR) is 62.9 cm³/mol. The van der Waals surface area contributed by atoms with Crippen LogP contribution in [-0.4, -0.2) is 12.8 Å². The van der Waals surface area contributed by atoms with Gasteiger partial charge in [-0.15, -0.1) is 0 Å². The van der Waals surface area contributed by atoms with E-state index in [2.05, 4.69) is 5.10 Å². The zero-order chi connectivity index (χ0) is 14.7. The monoisotopic (exact) mass is 195 g/mol. The number of para-hydroxylation sites is 1. The molecule has 0 saturated heterocycles. The van der Waals surface area contributed by atoms with E-state index in [1.807, 2.05) is 18.2 Å². The van der Waals surface area contributed by atoms with Crippen LogP contribution in [0.2, 0.25) is 0 Å². The Balaban J connectivity index is 3.16. The molecule has 0 unspecified atom stereocenters. The molecule has 1 rings (SSSR count). The van der Waals surface area contributed by atoms with E-state index in [-0.39, 0.29) is 6.42 Å². The van der Waals surface area contributed by atoms with E-state index in [0.29, 0.717) is 5.69 Å². The molecule has 2 heteroatoms. The van der Waals surface area contributed by atoms with Crippen molar-refractivity contribution in [3.05, 3.63) is 30.3 Å². The van der Waals surface area contributed by atoms with Gasteiger partial charge in [0.2, 0.25) is 0 Å². The average Bonchev–Trinajstić information content (AvgIpc) is 2.35. The summed E-state index contributed by atoms with van der Waals surface area (Å²) in [6, 6.07) is 9.02. The lowest BCUT2D eigenvalue weighted by molar-refractivity contribution is 0.946. The SMILES string of the molecule is [2H]C([2H])([2H])/C(=N/N(C)c1ccccc1)C([2H])([2H])CC. The van der Waals surface area contributed by atoms with Gasteiger partial charge in [0.1, 0.15) is 0 Å². The zero-order valence-electron chi connectivity index (χ0n) is 13.5. The van der Waals surface area contributed by atoms with Crippen LogP contribution in [0.25, 0.3) is 0 Å². The van der Waals surface area contributed by atoms with Gasteiger partial charge in [-0.2, -0.15) is 5.10 Å². The molecule has 0 radical (unpaired) electrons. The molecule has 0 fully saturated rings. The molecule has 0 aliphatic rings. The molecule has 1 aromatic rings. The number of anilines is 1. The molecule has 0 atom stereocenters. The summed E-state index contributed by atoms with van der Waals surface area (Å²) in [4.78, 5) is 0. The fourth-order valence-corrected chi connectivity index (χ4v) is 1.05. The predicted octanol–water partition coefficient (Wildman–Crippen LogP) is 3.30. The minimum atomic E-state index is -2.55. The Hall–Kier alpha value is -1.31. The van der Waals surface area contributed by atoms with Crippen molar-refractivity contribution < 1.29 is 6.85 Å². The van der Waals surface area contributed by atoms with Crippen LogP contribution < -0.4 is 5.01 Å². The molecule has 0 bridgehead atoms. The summed E-state index contributed by atoms with van der Waals surface area (Å²) in [6.07, 6.45) is -1.89. The number of hydrazone groups is 1. The Bertz CT molecular complexity index is 439. The van der Waals surface area contributed by atoms with E-state index >= 15 is 0 Å². The van der Waals surface area contributed by atoms with E-state index < -0.39 is 18.9 Å². The van der Waals surface area contributed by atoms with E-state index in [9.17, 15) is 0 Å². The Morgan fingerprint density at radius 1 is 1.50 bits per heavy atom. The van der Waals surface area contributed by atoms with Crippen LogP contribution in [0.4, 0.5) is 5.69 Å². The minimum Gasteiger partial charge on any atom is -0.269 e. The van der Waals surface area contributed by atoms with Gasteiger partial charge in [-0.3, -0.25) is 5.01 Å². The maximum absolute atomic E-state index is 7.79. The topological polar surface area (TPSA) is 15.6 Å². The molecule has 0 spiro atoms. The molecule has 0 saturated carbocycles. The third-order valence-corrected chi connectivity index (χ3v) is 1.72. The summed E-state index contributed by atoms with van der Waals surface area (Å²) < 4.78 is 37.9. The quantitative estimate of drug-likeness (QED) is 0.531. The van der Waals surface area contributed by atoms with Crippen molar-refractivity contribution in [1.82, 2.24) is 0 Å². The van der Waals surface area contributed by atoms with Crippen molar-refractivity contribution in [1.29, 1.82) is 0 Å². The van der Waals surface area contributed by atoms with E-state index in [0.717, 1.165) is 0 Å². The highest BCUT2D eigenvalue weighted by atomic mass is 15.4. The molecule has 14 heavy (non-hydrogen) atoms. The molecule has 0 aliphatic carbocycles. The third kappa shape index (κ3) is 3.21. The fourth-order valence-electron chi connectivity index (χ4n) is 1.05. The second-order valence-electron chi connectivity index (χ2n) is 2.84. The highest BCUT2D eigenvalue weighted by Gasteiger charge is 1.97. The van der Waals surface area contributed by atoms with Crippen LogP contribution in [-0.2, 0) is 0 Å². The molecule has 2 nitrogen and oxygen atoms in total. The van der Waals surface area contributed by atoms with E-state index in [4.69, 9.17) is 6.85 Å². The molecule has 0 heterocycles. The number of hydrogen-bond donors (Lipinski definition) is 0. The Morgan fingerprint density at radius 2 is 2.21 bits per heavy atom. The minimum absolute atomic E-state index is 0.0624. The molecular weight excluding hydrogens is 172 g/mol. The smallest absolute Gasteiger partial charge is 0.0590 e. The average molecular weight is 195 g/mol. The fraction of sp³-hybridized carbons (Fsp3) is 0.417. The number of hydrogen-bond acceptors (Lipinski definition) is 2. The maximum Gasteiger partial charge on any atom is 0.0590 e. The molecule has 0 amide bonds. The Labute approximate surface area is 93.3 Å². The van der Waals surface area contributed by atoms with Gasteiger partial charge in [-0.25, -0.2) is 0 Å². The number of rotatable bonds is 4. The van der Waals surface area contributed by atoms with Gasteiger partial charge in [0.05, 0.1) is 5.69 Å². The summed E-state index contributed by atoms with van der Waals surface area (Å²) in [5.74, 6) is 0. The molecule has 76 valence electrons. The van der Waals surface area contributed by atoms with Gasteiger partial charge in [0.15, 0.2) is 0 Å². The second-order valence-corrected chi connectivity index (χ2v) is 2.84. The maximum atomic E-state index is 7.79. The van der Waals surface area contributed by atoms with Crippen LogP contribution >= 0.6 is 0 Å². The largest absolute Gasteiger partial charge is 0.269 e. The van der Waals surface area contributed by atoms with E-state index in [1.165, 1.54) is 5.01 Å².